The third kappa shape index (κ3) is 2.73. The van der Waals surface area contributed by atoms with E-state index in [2.05, 4.69) is 39.8 Å². The summed E-state index contributed by atoms with van der Waals surface area (Å²) in [5.41, 5.74) is 0.645. The number of nitrogens with zero attached hydrogens (tertiary/aromatic N) is 3. The number of piperidine rings is 1. The maximum atomic E-state index is 10.9. The molecule has 2 unspecified atom stereocenters. The Labute approximate surface area is 123 Å². The predicted octanol–water partition coefficient (Wildman–Crippen LogP) is 2.87. The first kappa shape index (κ1) is 15.0. The minimum atomic E-state index is -0.530. The van der Waals surface area contributed by atoms with Crippen molar-refractivity contribution in [2.24, 2.45) is 7.05 Å². The molecule has 5 heteroatoms. The van der Waals surface area contributed by atoms with Crippen LogP contribution in [-0.4, -0.2) is 38.4 Å². The van der Waals surface area contributed by atoms with Crippen LogP contribution in [0.4, 0.5) is 0 Å². The average Bonchev–Trinajstić information content (AvgIpc) is 2.77. The summed E-state index contributed by atoms with van der Waals surface area (Å²) in [6.45, 7) is 6.48. The lowest BCUT2D eigenvalue weighted by Gasteiger charge is -2.46. The Morgan fingerprint density at radius 2 is 2.05 bits per heavy atom. The molecule has 0 spiro atoms. The van der Waals surface area contributed by atoms with Gasteiger partial charge in [-0.2, -0.15) is 5.10 Å². The molecular weight excluding hydrogens is 306 g/mol. The van der Waals surface area contributed by atoms with Crippen LogP contribution in [0.5, 0.6) is 0 Å². The topological polar surface area (TPSA) is 41.3 Å². The van der Waals surface area contributed by atoms with Gasteiger partial charge in [-0.1, -0.05) is 13.3 Å². The molecule has 1 aliphatic heterocycles. The molecule has 4 nitrogen and oxygen atoms in total. The highest BCUT2D eigenvalue weighted by atomic mass is 79.9. The molecule has 1 fully saturated rings. The third-order valence-corrected chi connectivity index (χ3v) is 5.19. The Bertz CT molecular complexity index is 409. The number of aliphatic hydroxyl groups excluding tert-OH is 1. The first-order valence-electron chi connectivity index (χ1n) is 7.11. The molecule has 1 aromatic heterocycles. The molecule has 2 atom stereocenters. The summed E-state index contributed by atoms with van der Waals surface area (Å²) >= 11 is 3.50. The lowest BCUT2D eigenvalue weighted by Crippen LogP contribution is -2.52. The molecule has 1 aromatic rings. The summed E-state index contributed by atoms with van der Waals surface area (Å²) in [4.78, 5) is 2.45. The Balaban J connectivity index is 2.29. The maximum absolute atomic E-state index is 10.9. The van der Waals surface area contributed by atoms with Gasteiger partial charge in [0.1, 0.15) is 6.10 Å². The lowest BCUT2D eigenvalue weighted by atomic mass is 9.86. The smallest absolute Gasteiger partial charge is 0.115 e. The molecular formula is C14H24BrN3O. The summed E-state index contributed by atoms with van der Waals surface area (Å²) in [6.07, 6.45) is 5.92. The van der Waals surface area contributed by atoms with E-state index >= 15 is 0 Å². The normalized spacial score (nSPS) is 22.2. The van der Waals surface area contributed by atoms with Crippen LogP contribution in [0, 0.1) is 0 Å². The predicted molar refractivity (Wildman–Crippen MR) is 80.0 cm³/mol. The SMILES string of the molecule is CCC(C)(C(O)c1c(Br)cnn1C)N1CCCCC1. The van der Waals surface area contributed by atoms with Gasteiger partial charge in [0.25, 0.3) is 0 Å². The van der Waals surface area contributed by atoms with Crippen LogP contribution in [0.1, 0.15) is 51.3 Å². The van der Waals surface area contributed by atoms with Crippen molar-refractivity contribution in [1.29, 1.82) is 0 Å². The van der Waals surface area contributed by atoms with Crippen LogP contribution >= 0.6 is 15.9 Å². The quantitative estimate of drug-likeness (QED) is 0.923. The lowest BCUT2D eigenvalue weighted by molar-refractivity contribution is -0.0391. The molecule has 108 valence electrons. The molecule has 19 heavy (non-hydrogen) atoms. The van der Waals surface area contributed by atoms with E-state index in [0.717, 1.165) is 29.7 Å². The number of hydrogen-bond donors (Lipinski definition) is 1. The zero-order chi connectivity index (χ0) is 14.0. The van der Waals surface area contributed by atoms with Crippen molar-refractivity contribution in [1.82, 2.24) is 14.7 Å². The van der Waals surface area contributed by atoms with E-state index in [9.17, 15) is 5.11 Å². The van der Waals surface area contributed by atoms with Crippen molar-refractivity contribution in [3.8, 4) is 0 Å². The van der Waals surface area contributed by atoms with E-state index in [1.54, 1.807) is 10.9 Å². The van der Waals surface area contributed by atoms with E-state index in [1.807, 2.05) is 7.05 Å². The van der Waals surface area contributed by atoms with E-state index < -0.39 is 6.10 Å². The van der Waals surface area contributed by atoms with E-state index in [1.165, 1.54) is 19.3 Å². The van der Waals surface area contributed by atoms with Gasteiger partial charge in [-0.3, -0.25) is 9.58 Å². The highest BCUT2D eigenvalue weighted by Gasteiger charge is 2.40. The molecule has 0 radical (unpaired) electrons. The minimum absolute atomic E-state index is 0.225. The number of halogens is 1. The van der Waals surface area contributed by atoms with Crippen molar-refractivity contribution in [2.45, 2.75) is 51.2 Å². The van der Waals surface area contributed by atoms with Crippen LogP contribution in [0.15, 0.2) is 10.7 Å². The van der Waals surface area contributed by atoms with E-state index in [0.29, 0.717) is 0 Å². The fourth-order valence-electron chi connectivity index (χ4n) is 3.02. The average molecular weight is 330 g/mol. The molecule has 0 bridgehead atoms. The second kappa shape index (κ2) is 5.94. The standard InChI is InChI=1S/C14H24BrN3O/c1-4-14(2,18-8-6-5-7-9-18)13(19)12-11(15)10-16-17(12)3/h10,13,19H,4-9H2,1-3H3. The van der Waals surface area contributed by atoms with Crippen LogP contribution in [-0.2, 0) is 7.05 Å². The maximum Gasteiger partial charge on any atom is 0.115 e. The van der Waals surface area contributed by atoms with Crippen molar-refractivity contribution >= 4 is 15.9 Å². The highest BCUT2D eigenvalue weighted by Crippen LogP contribution is 2.38. The fraction of sp³-hybridized carbons (Fsp3) is 0.786. The van der Waals surface area contributed by atoms with Crippen molar-refractivity contribution in [3.05, 3.63) is 16.4 Å². The fourth-order valence-corrected chi connectivity index (χ4v) is 3.58. The van der Waals surface area contributed by atoms with E-state index in [-0.39, 0.29) is 5.54 Å². The van der Waals surface area contributed by atoms with E-state index in [4.69, 9.17) is 0 Å². The molecule has 1 N–H and O–H groups in total. The van der Waals surface area contributed by atoms with Gasteiger partial charge in [0.05, 0.1) is 16.4 Å². The zero-order valence-electron chi connectivity index (χ0n) is 12.1. The van der Waals surface area contributed by atoms with Crippen LogP contribution in [0.25, 0.3) is 0 Å². The van der Waals surface area contributed by atoms with Crippen molar-refractivity contribution in [3.63, 3.8) is 0 Å². The largest absolute Gasteiger partial charge is 0.385 e. The summed E-state index contributed by atoms with van der Waals surface area (Å²) in [7, 11) is 1.88. The van der Waals surface area contributed by atoms with Gasteiger partial charge in [-0.15, -0.1) is 0 Å². The number of aryl methyl sites for hydroxylation is 1. The second-order valence-corrected chi connectivity index (χ2v) is 6.52. The number of rotatable bonds is 4. The Kier molecular flexibility index (Phi) is 4.69. The minimum Gasteiger partial charge on any atom is -0.385 e. The molecule has 0 aromatic carbocycles. The number of likely N-dealkylation sites (tertiary alicyclic amines) is 1. The zero-order valence-corrected chi connectivity index (χ0v) is 13.7. The summed E-state index contributed by atoms with van der Waals surface area (Å²) in [5, 5.41) is 15.1. The molecule has 0 saturated carbocycles. The molecule has 1 saturated heterocycles. The summed E-state index contributed by atoms with van der Waals surface area (Å²) < 4.78 is 2.66. The molecule has 1 aliphatic rings. The van der Waals surface area contributed by atoms with Gasteiger partial charge in [0.15, 0.2) is 0 Å². The van der Waals surface area contributed by atoms with Crippen molar-refractivity contribution < 1.29 is 5.11 Å². The Morgan fingerprint density at radius 1 is 1.42 bits per heavy atom. The third-order valence-electron chi connectivity index (χ3n) is 4.58. The monoisotopic (exact) mass is 329 g/mol. The first-order valence-corrected chi connectivity index (χ1v) is 7.90. The van der Waals surface area contributed by atoms with Gasteiger partial charge in [-0.25, -0.2) is 0 Å². The van der Waals surface area contributed by atoms with Gasteiger partial charge in [0, 0.05) is 12.6 Å². The Morgan fingerprint density at radius 3 is 2.53 bits per heavy atom. The summed E-state index contributed by atoms with van der Waals surface area (Å²) in [5.74, 6) is 0. The number of aromatic nitrogens is 2. The van der Waals surface area contributed by atoms with Crippen molar-refractivity contribution in [2.75, 3.05) is 13.1 Å². The second-order valence-electron chi connectivity index (χ2n) is 5.66. The molecule has 0 aliphatic carbocycles. The first-order chi connectivity index (χ1) is 9.00. The molecule has 2 rings (SSSR count). The van der Waals surface area contributed by atoms with Crippen LogP contribution in [0.2, 0.25) is 0 Å². The number of hydrogen-bond acceptors (Lipinski definition) is 3. The number of aliphatic hydroxyl groups is 1. The van der Waals surface area contributed by atoms with Crippen LogP contribution < -0.4 is 0 Å². The Hall–Kier alpha value is -0.390. The molecule has 2 heterocycles. The van der Waals surface area contributed by atoms with Gasteiger partial charge in [0.2, 0.25) is 0 Å². The summed E-state index contributed by atoms with van der Waals surface area (Å²) in [6, 6.07) is 0. The highest BCUT2D eigenvalue weighted by molar-refractivity contribution is 9.10. The molecule has 0 amide bonds. The van der Waals surface area contributed by atoms with Gasteiger partial charge >= 0.3 is 0 Å². The van der Waals surface area contributed by atoms with Crippen LogP contribution in [0.3, 0.4) is 0 Å². The van der Waals surface area contributed by atoms with Gasteiger partial charge < -0.3 is 5.11 Å². The van der Waals surface area contributed by atoms with Gasteiger partial charge in [-0.05, 0) is 55.2 Å².